The first-order valence-corrected chi connectivity index (χ1v) is 7.47. The van der Waals surface area contributed by atoms with E-state index in [-0.39, 0.29) is 0 Å². The highest BCUT2D eigenvalue weighted by Crippen LogP contribution is 2.28. The van der Waals surface area contributed by atoms with E-state index >= 15 is 0 Å². The monoisotopic (exact) mass is 391 g/mol. The Hall–Kier alpha value is -2.32. The molecule has 2 rings (SSSR count). The van der Waals surface area contributed by atoms with Gasteiger partial charge in [0.25, 0.3) is 11.5 Å². The van der Waals surface area contributed by atoms with Crippen LogP contribution in [0.1, 0.15) is 11.1 Å². The van der Waals surface area contributed by atoms with Crippen LogP contribution < -0.4 is 11.0 Å². The highest BCUT2D eigenvalue weighted by atomic mass is 35.5. The second-order valence-electron chi connectivity index (χ2n) is 4.85. The first kappa shape index (κ1) is 19.0. The number of halogens is 5. The van der Waals surface area contributed by atoms with Crippen LogP contribution in [0.4, 0.5) is 13.2 Å². The number of hydrogen-bond acceptors (Lipinski definition) is 3. The van der Waals surface area contributed by atoms with Crippen LogP contribution in [0.5, 0.6) is 0 Å². The van der Waals surface area contributed by atoms with Crippen molar-refractivity contribution in [3.8, 4) is 0 Å². The maximum atomic E-state index is 12.6. The maximum Gasteiger partial charge on any atom is 0.417 e. The highest BCUT2D eigenvalue weighted by molar-refractivity contribution is 6.42. The van der Waals surface area contributed by atoms with Crippen molar-refractivity contribution in [3.63, 3.8) is 0 Å². The number of benzene rings is 1. The van der Waals surface area contributed by atoms with Crippen molar-refractivity contribution in [2.45, 2.75) is 12.7 Å². The Labute approximate surface area is 149 Å². The summed E-state index contributed by atoms with van der Waals surface area (Å²) in [5.74, 6) is -0.766. The third kappa shape index (κ3) is 5.33. The molecule has 0 aliphatic rings. The molecule has 0 aliphatic carbocycles. The topological polar surface area (TPSA) is 63.5 Å². The van der Waals surface area contributed by atoms with Crippen LogP contribution in [0.15, 0.2) is 46.4 Å². The lowest BCUT2D eigenvalue weighted by atomic mass is 10.2. The molecule has 2 aromatic rings. The van der Waals surface area contributed by atoms with E-state index in [1.54, 1.807) is 6.07 Å². The van der Waals surface area contributed by atoms with Crippen molar-refractivity contribution in [3.05, 3.63) is 68.1 Å². The third-order valence-corrected chi connectivity index (χ3v) is 3.71. The van der Waals surface area contributed by atoms with Gasteiger partial charge in [0.2, 0.25) is 0 Å². The van der Waals surface area contributed by atoms with Gasteiger partial charge in [0.1, 0.15) is 6.54 Å². The SMILES string of the molecule is O=C(Cn1cc(C(F)(F)F)ccc1=O)N/N=C/c1ccc(Cl)c(Cl)c1. The average Bonchev–Trinajstić information content (AvgIpc) is 2.52. The summed E-state index contributed by atoms with van der Waals surface area (Å²) >= 11 is 11.6. The number of amides is 1. The number of hydrazone groups is 1. The van der Waals surface area contributed by atoms with Crippen LogP contribution in [-0.4, -0.2) is 16.7 Å². The van der Waals surface area contributed by atoms with E-state index in [4.69, 9.17) is 23.2 Å². The number of hydrogen-bond donors (Lipinski definition) is 1. The van der Waals surface area contributed by atoms with Gasteiger partial charge in [-0.05, 0) is 23.8 Å². The molecule has 0 fully saturated rings. The van der Waals surface area contributed by atoms with Crippen molar-refractivity contribution in [1.29, 1.82) is 0 Å². The molecule has 1 heterocycles. The summed E-state index contributed by atoms with van der Waals surface area (Å²) in [5.41, 5.74) is 0.892. The lowest BCUT2D eigenvalue weighted by molar-refractivity contribution is -0.138. The Morgan fingerprint density at radius 3 is 2.56 bits per heavy atom. The molecule has 0 spiro atoms. The second-order valence-corrected chi connectivity index (χ2v) is 5.66. The van der Waals surface area contributed by atoms with Crippen molar-refractivity contribution in [1.82, 2.24) is 9.99 Å². The molecule has 0 radical (unpaired) electrons. The fourth-order valence-electron chi connectivity index (χ4n) is 1.78. The van der Waals surface area contributed by atoms with E-state index in [2.05, 4.69) is 10.5 Å². The number of pyridine rings is 1. The molecule has 0 saturated carbocycles. The van der Waals surface area contributed by atoms with Gasteiger partial charge in [0, 0.05) is 12.3 Å². The van der Waals surface area contributed by atoms with Crippen LogP contribution >= 0.6 is 23.2 Å². The van der Waals surface area contributed by atoms with Gasteiger partial charge in [-0.25, -0.2) is 5.43 Å². The third-order valence-electron chi connectivity index (χ3n) is 2.97. The molecular weight excluding hydrogens is 382 g/mol. The fourth-order valence-corrected chi connectivity index (χ4v) is 2.09. The molecule has 5 nitrogen and oxygen atoms in total. The van der Waals surface area contributed by atoms with Gasteiger partial charge in [0.15, 0.2) is 0 Å². The summed E-state index contributed by atoms with van der Waals surface area (Å²) in [6.07, 6.45) is -2.77. The van der Waals surface area contributed by atoms with E-state index in [1.807, 2.05) is 0 Å². The molecule has 1 aromatic carbocycles. The van der Waals surface area contributed by atoms with E-state index in [0.29, 0.717) is 32.4 Å². The molecule has 10 heteroatoms. The summed E-state index contributed by atoms with van der Waals surface area (Å²) in [4.78, 5) is 23.3. The highest BCUT2D eigenvalue weighted by Gasteiger charge is 2.31. The predicted molar refractivity (Wildman–Crippen MR) is 87.9 cm³/mol. The number of aromatic nitrogens is 1. The lowest BCUT2D eigenvalue weighted by Gasteiger charge is -2.09. The van der Waals surface area contributed by atoms with Crippen LogP contribution in [-0.2, 0) is 17.5 Å². The number of carbonyl (C=O) groups excluding carboxylic acids is 1. The molecule has 0 bridgehead atoms. The number of nitrogens with one attached hydrogen (secondary N) is 1. The van der Waals surface area contributed by atoms with Crippen molar-refractivity contribution >= 4 is 35.3 Å². The molecule has 132 valence electrons. The first-order chi connectivity index (χ1) is 11.7. The van der Waals surface area contributed by atoms with Crippen LogP contribution in [0.2, 0.25) is 10.0 Å². The number of carbonyl (C=O) groups is 1. The van der Waals surface area contributed by atoms with Crippen LogP contribution in [0.25, 0.3) is 0 Å². The van der Waals surface area contributed by atoms with Gasteiger partial charge in [-0.15, -0.1) is 0 Å². The minimum Gasteiger partial charge on any atom is -0.305 e. The fraction of sp³-hybridized carbons (Fsp3) is 0.133. The largest absolute Gasteiger partial charge is 0.417 e. The molecule has 1 N–H and O–H groups in total. The lowest BCUT2D eigenvalue weighted by Crippen LogP contribution is -2.30. The van der Waals surface area contributed by atoms with Crippen molar-refractivity contribution in [2.75, 3.05) is 0 Å². The molecule has 0 saturated heterocycles. The number of alkyl halides is 3. The molecule has 25 heavy (non-hydrogen) atoms. The van der Waals surface area contributed by atoms with Gasteiger partial charge in [-0.2, -0.15) is 18.3 Å². The van der Waals surface area contributed by atoms with Gasteiger partial charge in [0.05, 0.1) is 21.8 Å². The minimum absolute atomic E-state index is 0.299. The average molecular weight is 392 g/mol. The first-order valence-electron chi connectivity index (χ1n) is 6.71. The number of nitrogens with zero attached hydrogens (tertiary/aromatic N) is 2. The molecule has 1 aromatic heterocycles. The maximum absolute atomic E-state index is 12.6. The van der Waals surface area contributed by atoms with Gasteiger partial charge >= 0.3 is 6.18 Å². The normalized spacial score (nSPS) is 11.7. The summed E-state index contributed by atoms with van der Waals surface area (Å²) in [6, 6.07) is 6.04. The summed E-state index contributed by atoms with van der Waals surface area (Å²) < 4.78 is 38.5. The Kier molecular flexibility index (Phi) is 5.86. The standard InChI is InChI=1S/C15H10Cl2F3N3O2/c16-11-3-1-9(5-12(11)17)6-21-22-13(24)8-23-7-10(15(18,19)20)2-4-14(23)25/h1-7H,8H2,(H,22,24)/b21-6+. The Morgan fingerprint density at radius 1 is 1.20 bits per heavy atom. The molecule has 0 aliphatic heterocycles. The predicted octanol–water partition coefficient (Wildman–Crippen LogP) is 3.32. The van der Waals surface area contributed by atoms with Gasteiger partial charge in [-0.1, -0.05) is 29.3 Å². The summed E-state index contributed by atoms with van der Waals surface area (Å²) in [6.45, 7) is -0.610. The van der Waals surface area contributed by atoms with Gasteiger partial charge in [-0.3, -0.25) is 9.59 Å². The van der Waals surface area contributed by atoms with E-state index in [1.165, 1.54) is 18.3 Å². The molecular formula is C15H10Cl2F3N3O2. The van der Waals surface area contributed by atoms with E-state index in [0.717, 1.165) is 6.07 Å². The number of rotatable bonds is 4. The Morgan fingerprint density at radius 2 is 1.92 bits per heavy atom. The zero-order chi connectivity index (χ0) is 18.6. The summed E-state index contributed by atoms with van der Waals surface area (Å²) in [5, 5.41) is 4.30. The Balaban J connectivity index is 2.04. The quantitative estimate of drug-likeness (QED) is 0.641. The molecule has 1 amide bonds. The van der Waals surface area contributed by atoms with E-state index in [9.17, 15) is 22.8 Å². The minimum atomic E-state index is -4.61. The smallest absolute Gasteiger partial charge is 0.305 e. The zero-order valence-corrected chi connectivity index (χ0v) is 13.9. The molecule has 0 atom stereocenters. The Bertz CT molecular complexity index is 879. The van der Waals surface area contributed by atoms with Gasteiger partial charge < -0.3 is 4.57 Å². The zero-order valence-electron chi connectivity index (χ0n) is 12.3. The van der Waals surface area contributed by atoms with Crippen molar-refractivity contribution < 1.29 is 18.0 Å². The van der Waals surface area contributed by atoms with Crippen LogP contribution in [0.3, 0.4) is 0 Å². The summed E-state index contributed by atoms with van der Waals surface area (Å²) in [7, 11) is 0. The van der Waals surface area contributed by atoms with E-state index < -0.39 is 29.8 Å². The van der Waals surface area contributed by atoms with Crippen molar-refractivity contribution in [2.24, 2.45) is 5.10 Å². The van der Waals surface area contributed by atoms with Crippen LogP contribution in [0, 0.1) is 0 Å². The molecule has 0 unspecified atom stereocenters. The second kappa shape index (κ2) is 7.71.